The van der Waals surface area contributed by atoms with Crippen LogP contribution < -0.4 is 4.74 Å². The second-order valence-electron chi connectivity index (χ2n) is 21.3. The number of unbranched alkanes of at least 4 members (excludes halogenated alkanes) is 4. The number of rotatable bonds is 18. The van der Waals surface area contributed by atoms with Crippen LogP contribution in [0.2, 0.25) is 0 Å². The Morgan fingerprint density at radius 2 is 1.63 bits per heavy atom. The van der Waals surface area contributed by atoms with Crippen molar-refractivity contribution in [2.75, 3.05) is 20.8 Å². The summed E-state index contributed by atoms with van der Waals surface area (Å²) in [7, 11) is 3.21. The molecule has 0 radical (unpaired) electrons. The van der Waals surface area contributed by atoms with Gasteiger partial charge in [-0.3, -0.25) is 9.59 Å². The zero-order valence-electron chi connectivity index (χ0n) is 41.3. The van der Waals surface area contributed by atoms with Crippen molar-refractivity contribution in [2.24, 2.45) is 35.5 Å². The Labute approximate surface area is 388 Å². The standard InChI is InChI=1S/C52H82O13/c1-12-14-15-16-17-18-42(53)59-40-29-51(62-45(34(40)6)35(7)44(57-11)36(8)47(54)55)26-25-49(9,65-51)41-23-24-50(13-2,61-41)46-32(4)28-39(60-46)43-31(3)27-33(5)52(63-43)30-58-48(64-52)37-19-21-38(56-10)22-20-37/h19-22,31-36,39-41,43-46,48H,12-18,23-30H2,1-11H3,(H,54,55)/t31-,32-,33+,34+,35-,36-,39-,40-,41+,43-,44+,45-,46+,48+,49+,50-,51+,52+/m0/s1. The molecule has 6 fully saturated rings. The Morgan fingerprint density at radius 1 is 0.892 bits per heavy atom. The van der Waals surface area contributed by atoms with Crippen molar-refractivity contribution in [1.29, 1.82) is 0 Å². The Bertz CT molecular complexity index is 1740. The highest BCUT2D eigenvalue weighted by molar-refractivity contribution is 5.70. The summed E-state index contributed by atoms with van der Waals surface area (Å²) < 4.78 is 66.4. The van der Waals surface area contributed by atoms with E-state index in [1.54, 1.807) is 21.1 Å². The van der Waals surface area contributed by atoms with Gasteiger partial charge in [0.2, 0.25) is 0 Å². The fourth-order valence-electron chi connectivity index (χ4n) is 12.6. The number of benzene rings is 1. The van der Waals surface area contributed by atoms with Crippen LogP contribution in [0, 0.1) is 35.5 Å². The molecule has 0 aromatic heterocycles. The predicted octanol–water partition coefficient (Wildman–Crippen LogP) is 9.95. The van der Waals surface area contributed by atoms with Crippen LogP contribution in [-0.2, 0) is 52.2 Å². The van der Waals surface area contributed by atoms with Gasteiger partial charge in [0.1, 0.15) is 18.5 Å². The lowest BCUT2D eigenvalue weighted by Gasteiger charge is -2.49. The van der Waals surface area contributed by atoms with E-state index in [0.717, 1.165) is 75.5 Å². The highest BCUT2D eigenvalue weighted by Crippen LogP contribution is 2.56. The summed E-state index contributed by atoms with van der Waals surface area (Å²) in [6.45, 7) is 19.3. The van der Waals surface area contributed by atoms with E-state index in [9.17, 15) is 14.7 Å². The maximum Gasteiger partial charge on any atom is 0.308 e. The summed E-state index contributed by atoms with van der Waals surface area (Å²) in [5, 5.41) is 10.0. The topological polar surface area (TPSA) is 147 Å². The minimum absolute atomic E-state index is 0.127. The normalized spacial score (nSPS) is 42.0. The Hall–Kier alpha value is -2.36. The monoisotopic (exact) mass is 915 g/mol. The van der Waals surface area contributed by atoms with Crippen LogP contribution in [-0.4, -0.2) is 103 Å². The Morgan fingerprint density at radius 3 is 2.31 bits per heavy atom. The van der Waals surface area contributed by atoms with Crippen LogP contribution >= 0.6 is 0 Å². The van der Waals surface area contributed by atoms with Gasteiger partial charge in [-0.2, -0.15) is 0 Å². The zero-order chi connectivity index (χ0) is 46.9. The van der Waals surface area contributed by atoms with E-state index in [2.05, 4.69) is 41.5 Å². The molecule has 6 aliphatic rings. The molecule has 368 valence electrons. The van der Waals surface area contributed by atoms with E-state index in [0.29, 0.717) is 32.3 Å². The lowest BCUT2D eigenvalue weighted by molar-refractivity contribution is -0.336. The molecular weight excluding hydrogens is 833 g/mol. The molecule has 6 saturated heterocycles. The van der Waals surface area contributed by atoms with Crippen LogP contribution in [0.15, 0.2) is 24.3 Å². The van der Waals surface area contributed by atoms with Crippen molar-refractivity contribution < 1.29 is 62.1 Å². The molecule has 0 bridgehead atoms. The summed E-state index contributed by atoms with van der Waals surface area (Å²) in [5.74, 6) is -2.95. The highest BCUT2D eigenvalue weighted by Gasteiger charge is 2.63. The van der Waals surface area contributed by atoms with Gasteiger partial charge < -0.3 is 52.5 Å². The summed E-state index contributed by atoms with van der Waals surface area (Å²) >= 11 is 0. The van der Waals surface area contributed by atoms with Gasteiger partial charge in [0, 0.05) is 49.7 Å². The van der Waals surface area contributed by atoms with E-state index in [1.165, 1.54) is 0 Å². The molecule has 0 unspecified atom stereocenters. The van der Waals surface area contributed by atoms with Crippen molar-refractivity contribution in [3.63, 3.8) is 0 Å². The van der Waals surface area contributed by atoms with Crippen LogP contribution in [0.3, 0.4) is 0 Å². The maximum atomic E-state index is 13.4. The zero-order valence-corrected chi connectivity index (χ0v) is 41.3. The molecule has 65 heavy (non-hydrogen) atoms. The smallest absolute Gasteiger partial charge is 0.308 e. The van der Waals surface area contributed by atoms with Gasteiger partial charge >= 0.3 is 11.9 Å². The summed E-state index contributed by atoms with van der Waals surface area (Å²) in [6, 6.07) is 7.80. The number of carbonyl (C=O) groups excluding carboxylic acids is 1. The summed E-state index contributed by atoms with van der Waals surface area (Å²) in [6.07, 6.45) is 8.73. The predicted molar refractivity (Wildman–Crippen MR) is 243 cm³/mol. The van der Waals surface area contributed by atoms with Crippen molar-refractivity contribution in [1.82, 2.24) is 0 Å². The van der Waals surface area contributed by atoms with Gasteiger partial charge in [0.25, 0.3) is 0 Å². The molecule has 6 heterocycles. The van der Waals surface area contributed by atoms with Gasteiger partial charge in [-0.05, 0) is 82.8 Å². The molecule has 0 saturated carbocycles. The number of hydrogen-bond acceptors (Lipinski definition) is 12. The van der Waals surface area contributed by atoms with Gasteiger partial charge in [-0.15, -0.1) is 0 Å². The number of carbonyl (C=O) groups is 2. The fourth-order valence-corrected chi connectivity index (χ4v) is 12.6. The quantitative estimate of drug-likeness (QED) is 0.110. The van der Waals surface area contributed by atoms with Crippen molar-refractivity contribution in [3.8, 4) is 5.75 Å². The number of aliphatic carboxylic acids is 1. The van der Waals surface area contributed by atoms with E-state index in [4.69, 9.17) is 47.4 Å². The van der Waals surface area contributed by atoms with Crippen LogP contribution in [0.4, 0.5) is 0 Å². The van der Waals surface area contributed by atoms with Crippen LogP contribution in [0.25, 0.3) is 0 Å². The Kier molecular flexibility index (Phi) is 16.1. The van der Waals surface area contributed by atoms with E-state index < -0.39 is 59.3 Å². The summed E-state index contributed by atoms with van der Waals surface area (Å²) in [4.78, 5) is 25.6. The maximum absolute atomic E-state index is 13.4. The second kappa shape index (κ2) is 20.7. The molecule has 13 heteroatoms. The SMILES string of the molecule is CCCCCCCC(=O)O[C@H]1C[C@]2(CC[C@](C)([C@H]3CC[C@@](CC)([C@@H]4O[C@H]([C@H]5O[C@@]6(CO[C@@H](c7ccc(OC)cc7)O6)[C@H](C)C[C@@H]5C)C[C@@H]4C)O3)O2)O[C@H]([C@@H](C)[C@@H](OC)[C@H](C)C(=O)O)[C@@H]1C. The number of methoxy groups -OCH3 is 2. The Balaban J connectivity index is 1.04. The van der Waals surface area contributed by atoms with Gasteiger partial charge in [-0.1, -0.05) is 86.3 Å². The average Bonchev–Trinajstić information content (AvgIpc) is 4.09. The first kappa shape index (κ1) is 50.5. The van der Waals surface area contributed by atoms with Crippen LogP contribution in [0.5, 0.6) is 5.75 Å². The molecule has 0 amide bonds. The lowest BCUT2D eigenvalue weighted by atomic mass is 9.78. The number of esters is 1. The number of carboxylic acids is 1. The van der Waals surface area contributed by atoms with Crippen molar-refractivity contribution in [2.45, 2.75) is 224 Å². The minimum atomic E-state index is -1.04. The third-order valence-corrected chi connectivity index (χ3v) is 16.7. The molecule has 18 atom stereocenters. The minimum Gasteiger partial charge on any atom is -0.497 e. The largest absolute Gasteiger partial charge is 0.497 e. The second-order valence-corrected chi connectivity index (χ2v) is 21.3. The molecule has 7 rings (SSSR count). The van der Waals surface area contributed by atoms with Gasteiger partial charge in [0.05, 0.1) is 60.9 Å². The lowest BCUT2D eigenvalue weighted by Crippen LogP contribution is -2.57. The van der Waals surface area contributed by atoms with Gasteiger partial charge in [0.15, 0.2) is 17.9 Å². The number of ether oxygens (including phenoxy) is 10. The van der Waals surface area contributed by atoms with Crippen LogP contribution in [0.1, 0.15) is 164 Å². The third-order valence-electron chi connectivity index (χ3n) is 16.7. The number of hydrogen-bond donors (Lipinski definition) is 1. The molecule has 1 N–H and O–H groups in total. The molecular formula is C52H82O13. The molecule has 2 spiro atoms. The summed E-state index contributed by atoms with van der Waals surface area (Å²) in [5.41, 5.74) is -0.263. The molecule has 1 aromatic carbocycles. The fraction of sp³-hybridized carbons (Fsp3) is 0.846. The van der Waals surface area contributed by atoms with Gasteiger partial charge in [-0.25, -0.2) is 0 Å². The average molecular weight is 915 g/mol. The molecule has 1 aromatic rings. The molecule has 6 aliphatic heterocycles. The van der Waals surface area contributed by atoms with E-state index >= 15 is 0 Å². The molecule has 0 aliphatic carbocycles. The third kappa shape index (κ3) is 10.3. The van der Waals surface area contributed by atoms with E-state index in [-0.39, 0.29) is 60.0 Å². The van der Waals surface area contributed by atoms with E-state index in [1.807, 2.05) is 38.1 Å². The number of carboxylic acid groups (broad SMARTS) is 1. The van der Waals surface area contributed by atoms with Crippen molar-refractivity contribution in [3.05, 3.63) is 29.8 Å². The first-order valence-corrected chi connectivity index (χ1v) is 25.2. The first-order chi connectivity index (χ1) is 30.9. The molecule has 13 nitrogen and oxygen atoms in total. The highest BCUT2D eigenvalue weighted by atomic mass is 16.8. The first-order valence-electron chi connectivity index (χ1n) is 25.2. The van der Waals surface area contributed by atoms with Crippen molar-refractivity contribution >= 4 is 11.9 Å².